The topological polar surface area (TPSA) is 154 Å². The lowest BCUT2D eigenvalue weighted by Gasteiger charge is -2.17. The molecule has 0 saturated heterocycles. The molecule has 3 aromatic heterocycles. The Morgan fingerprint density at radius 1 is 1.19 bits per heavy atom. The van der Waals surface area contributed by atoms with Gasteiger partial charge in [-0.05, 0) is 25.0 Å². The summed E-state index contributed by atoms with van der Waals surface area (Å²) >= 11 is 0. The van der Waals surface area contributed by atoms with Crippen LogP contribution in [0.25, 0.3) is 22.2 Å². The number of nitrogens with zero attached hydrogens (tertiary/aromatic N) is 5. The van der Waals surface area contributed by atoms with Crippen molar-refractivity contribution in [1.82, 2.24) is 35.0 Å². The number of aromatic amines is 1. The number of ether oxygens (including phenoxy) is 1. The monoisotopic (exact) mass is 490 g/mol. The first-order chi connectivity index (χ1) is 17.5. The van der Waals surface area contributed by atoms with Crippen molar-refractivity contribution in [1.29, 1.82) is 0 Å². The van der Waals surface area contributed by atoms with Crippen LogP contribution < -0.4 is 15.8 Å². The molecule has 0 aliphatic carbocycles. The van der Waals surface area contributed by atoms with E-state index in [1.165, 1.54) is 6.33 Å². The van der Waals surface area contributed by atoms with Gasteiger partial charge in [-0.2, -0.15) is 5.10 Å². The fourth-order valence-electron chi connectivity index (χ4n) is 4.03. The zero-order valence-corrected chi connectivity index (χ0v) is 20.2. The Balaban J connectivity index is 1.51. The van der Waals surface area contributed by atoms with Crippen LogP contribution in [0.4, 0.5) is 0 Å². The molecule has 1 aromatic carbocycles. The van der Waals surface area contributed by atoms with Crippen LogP contribution in [0.5, 0.6) is 5.88 Å². The van der Waals surface area contributed by atoms with Gasteiger partial charge in [-0.3, -0.25) is 14.3 Å². The van der Waals surface area contributed by atoms with E-state index in [1.54, 1.807) is 24.3 Å². The Morgan fingerprint density at radius 3 is 2.83 bits per heavy atom. The lowest BCUT2D eigenvalue weighted by atomic mass is 10.1. The normalized spacial score (nSPS) is 11.9. The number of nitrogens with two attached hydrogens (primary N) is 1. The SMILES string of the molecule is COc1nc2ccccc2cc1-c1cnc([C@H](CCCCCC(N)=O)NC(=O)CCn2cncn2)[nH]1. The molecular weight excluding hydrogens is 460 g/mol. The minimum absolute atomic E-state index is 0.115. The molecular formula is C25H30N8O3. The maximum atomic E-state index is 12.7. The van der Waals surface area contributed by atoms with Gasteiger partial charge >= 0.3 is 0 Å². The highest BCUT2D eigenvalue weighted by Gasteiger charge is 2.20. The van der Waals surface area contributed by atoms with Gasteiger partial charge in [0.25, 0.3) is 0 Å². The first kappa shape index (κ1) is 24.8. The summed E-state index contributed by atoms with van der Waals surface area (Å²) in [6.07, 6.45) is 8.36. The Hall–Kier alpha value is -4.28. The van der Waals surface area contributed by atoms with Crippen molar-refractivity contribution in [3.05, 3.63) is 55.0 Å². The third-order valence-electron chi connectivity index (χ3n) is 5.88. The second kappa shape index (κ2) is 11.9. The molecule has 11 nitrogen and oxygen atoms in total. The highest BCUT2D eigenvalue weighted by atomic mass is 16.5. The standard InChI is InChI=1S/C25H30N8O3/c1-36-25-18(13-17-7-5-6-8-19(17)32-25)21-14-28-24(31-21)20(9-3-2-4-10-22(26)34)30-23(35)11-12-33-16-27-15-29-33/h5-8,13-16,20H,2-4,9-12H2,1H3,(H2,26,34)(H,28,31)(H,30,35)/t20-/m0/s1. The van der Waals surface area contributed by atoms with Gasteiger partial charge in [0.2, 0.25) is 17.7 Å². The number of imidazole rings is 1. The summed E-state index contributed by atoms with van der Waals surface area (Å²) in [6, 6.07) is 9.50. The largest absolute Gasteiger partial charge is 0.480 e. The van der Waals surface area contributed by atoms with Crippen LogP contribution in [0, 0.1) is 0 Å². The summed E-state index contributed by atoms with van der Waals surface area (Å²) in [6.45, 7) is 0.431. The average Bonchev–Trinajstić information content (AvgIpc) is 3.58. The smallest absolute Gasteiger partial charge is 0.223 e. The number of H-pyrrole nitrogens is 1. The quantitative estimate of drug-likeness (QED) is 0.243. The molecule has 4 aromatic rings. The number of rotatable bonds is 13. The third kappa shape index (κ3) is 6.44. The van der Waals surface area contributed by atoms with Gasteiger partial charge in [-0.1, -0.05) is 31.0 Å². The fourth-order valence-corrected chi connectivity index (χ4v) is 4.03. The molecule has 36 heavy (non-hydrogen) atoms. The van der Waals surface area contributed by atoms with Crippen molar-refractivity contribution < 1.29 is 14.3 Å². The van der Waals surface area contributed by atoms with Gasteiger partial charge in [0.15, 0.2) is 0 Å². The Kier molecular flexibility index (Phi) is 8.22. The van der Waals surface area contributed by atoms with Gasteiger partial charge in [-0.15, -0.1) is 0 Å². The number of primary amides is 1. The summed E-state index contributed by atoms with van der Waals surface area (Å²) < 4.78 is 7.15. The molecule has 11 heteroatoms. The van der Waals surface area contributed by atoms with Crippen molar-refractivity contribution in [3.8, 4) is 17.1 Å². The highest BCUT2D eigenvalue weighted by Crippen LogP contribution is 2.31. The minimum atomic E-state index is -0.324. The number of pyridine rings is 1. The van der Waals surface area contributed by atoms with E-state index in [4.69, 9.17) is 10.5 Å². The van der Waals surface area contributed by atoms with Gasteiger partial charge in [0.1, 0.15) is 18.5 Å². The predicted octanol–water partition coefficient (Wildman–Crippen LogP) is 2.91. The van der Waals surface area contributed by atoms with Crippen LogP contribution in [0.2, 0.25) is 0 Å². The first-order valence-electron chi connectivity index (χ1n) is 11.9. The minimum Gasteiger partial charge on any atom is -0.480 e. The molecule has 0 bridgehead atoms. The van der Waals surface area contributed by atoms with Crippen LogP contribution in [0.3, 0.4) is 0 Å². The summed E-state index contributed by atoms with van der Waals surface area (Å²) in [4.78, 5) is 40.2. The van der Waals surface area contributed by atoms with Crippen molar-refractivity contribution in [2.75, 3.05) is 7.11 Å². The summed E-state index contributed by atoms with van der Waals surface area (Å²) in [5.74, 6) is 0.713. The Labute approximate surface area is 208 Å². The summed E-state index contributed by atoms with van der Waals surface area (Å²) in [7, 11) is 1.59. The van der Waals surface area contributed by atoms with Crippen molar-refractivity contribution in [2.45, 2.75) is 51.1 Å². The van der Waals surface area contributed by atoms with Gasteiger partial charge < -0.3 is 20.8 Å². The van der Waals surface area contributed by atoms with E-state index in [0.717, 1.165) is 35.0 Å². The molecule has 0 aliphatic rings. The number of amides is 2. The maximum Gasteiger partial charge on any atom is 0.223 e. The summed E-state index contributed by atoms with van der Waals surface area (Å²) in [5, 5.41) is 8.11. The van der Waals surface area contributed by atoms with E-state index in [9.17, 15) is 9.59 Å². The second-order valence-corrected chi connectivity index (χ2v) is 8.51. The van der Waals surface area contributed by atoms with Crippen LogP contribution >= 0.6 is 0 Å². The molecule has 0 spiro atoms. The number of aryl methyl sites for hydroxylation is 1. The predicted molar refractivity (Wildman–Crippen MR) is 134 cm³/mol. The Bertz CT molecular complexity index is 1300. The number of fused-ring (bicyclic) bond motifs is 1. The van der Waals surface area contributed by atoms with E-state index in [1.807, 2.05) is 30.3 Å². The number of para-hydroxylation sites is 1. The van der Waals surface area contributed by atoms with Gasteiger partial charge in [0, 0.05) is 18.2 Å². The van der Waals surface area contributed by atoms with Gasteiger partial charge in [-0.25, -0.2) is 15.0 Å². The fraction of sp³-hybridized carbons (Fsp3) is 0.360. The molecule has 0 aliphatic heterocycles. The molecule has 4 rings (SSSR count). The number of benzene rings is 1. The molecule has 0 unspecified atom stereocenters. The van der Waals surface area contributed by atoms with E-state index < -0.39 is 0 Å². The molecule has 2 amide bonds. The van der Waals surface area contributed by atoms with Crippen LogP contribution in [-0.4, -0.2) is 48.6 Å². The summed E-state index contributed by atoms with van der Waals surface area (Å²) in [5.41, 5.74) is 7.61. The number of hydrogen-bond acceptors (Lipinski definition) is 7. The number of methoxy groups -OCH3 is 1. The number of aromatic nitrogens is 6. The lowest BCUT2D eigenvalue weighted by Crippen LogP contribution is -2.30. The zero-order chi connectivity index (χ0) is 25.3. The second-order valence-electron chi connectivity index (χ2n) is 8.51. The van der Waals surface area contributed by atoms with Crippen molar-refractivity contribution >= 4 is 22.7 Å². The lowest BCUT2D eigenvalue weighted by molar-refractivity contribution is -0.122. The number of carbonyl (C=O) groups is 2. The number of unbranched alkanes of at least 4 members (excludes halogenated alkanes) is 2. The molecule has 0 fully saturated rings. The van der Waals surface area contributed by atoms with Crippen LogP contribution in [0.1, 0.15) is 50.4 Å². The van der Waals surface area contributed by atoms with Crippen molar-refractivity contribution in [3.63, 3.8) is 0 Å². The van der Waals surface area contributed by atoms with E-state index in [-0.39, 0.29) is 24.3 Å². The van der Waals surface area contributed by atoms with Crippen LogP contribution in [-0.2, 0) is 16.1 Å². The molecule has 3 heterocycles. The molecule has 188 valence electrons. The van der Waals surface area contributed by atoms with E-state index in [0.29, 0.717) is 37.5 Å². The highest BCUT2D eigenvalue weighted by molar-refractivity contribution is 5.85. The number of hydrogen-bond donors (Lipinski definition) is 3. The molecule has 4 N–H and O–H groups in total. The van der Waals surface area contributed by atoms with Crippen LogP contribution in [0.15, 0.2) is 49.2 Å². The first-order valence-corrected chi connectivity index (χ1v) is 11.9. The maximum absolute atomic E-state index is 12.7. The Morgan fingerprint density at radius 2 is 2.06 bits per heavy atom. The molecule has 0 saturated carbocycles. The number of carbonyl (C=O) groups excluding carboxylic acids is 2. The van der Waals surface area contributed by atoms with Gasteiger partial charge in [0.05, 0.1) is 42.7 Å². The van der Waals surface area contributed by atoms with E-state index >= 15 is 0 Å². The van der Waals surface area contributed by atoms with E-state index in [2.05, 4.69) is 30.4 Å². The average molecular weight is 491 g/mol. The zero-order valence-electron chi connectivity index (χ0n) is 20.2. The third-order valence-corrected chi connectivity index (χ3v) is 5.88. The molecule has 0 radical (unpaired) electrons. The molecule has 1 atom stereocenters. The van der Waals surface area contributed by atoms with Crippen molar-refractivity contribution in [2.24, 2.45) is 5.73 Å². The number of nitrogens with one attached hydrogen (secondary N) is 2.